The van der Waals surface area contributed by atoms with Crippen LogP contribution in [0.2, 0.25) is 0 Å². The summed E-state index contributed by atoms with van der Waals surface area (Å²) in [6, 6.07) is 12.9. The Balaban J connectivity index is 1.85. The van der Waals surface area contributed by atoms with Gasteiger partial charge in [-0.15, -0.1) is 0 Å². The van der Waals surface area contributed by atoms with Gasteiger partial charge in [-0.1, -0.05) is 24.3 Å². The molecule has 0 unspecified atom stereocenters. The zero-order chi connectivity index (χ0) is 19.1. The summed E-state index contributed by atoms with van der Waals surface area (Å²) >= 11 is 0. The van der Waals surface area contributed by atoms with E-state index in [1.165, 1.54) is 6.26 Å². The van der Waals surface area contributed by atoms with Crippen molar-refractivity contribution in [2.45, 2.75) is 44.4 Å². The van der Waals surface area contributed by atoms with E-state index >= 15 is 0 Å². The minimum Gasteiger partial charge on any atom is -0.444 e. The number of rotatable bonds is 2. The molecule has 2 aromatic carbocycles. The Morgan fingerprint density at radius 3 is 2.31 bits per heavy atom. The Hall–Kier alpha value is -2.34. The Kier molecular flexibility index (Phi) is 4.56. The summed E-state index contributed by atoms with van der Waals surface area (Å²) in [7, 11) is -3.25. The fraction of sp³-hybridized carbons (Fsp3) is 0.350. The molecule has 0 fully saturated rings. The molecule has 0 atom stereocenters. The summed E-state index contributed by atoms with van der Waals surface area (Å²) in [6.07, 6.45) is 0.877. The summed E-state index contributed by atoms with van der Waals surface area (Å²) in [5.41, 5.74) is 3.38. The summed E-state index contributed by atoms with van der Waals surface area (Å²) in [5.74, 6) is 0. The van der Waals surface area contributed by atoms with E-state index in [1.54, 1.807) is 23.1 Å². The van der Waals surface area contributed by atoms with Crippen molar-refractivity contribution in [3.05, 3.63) is 53.6 Å². The molecule has 1 aliphatic rings. The number of carbonyl (C=O) groups is 1. The van der Waals surface area contributed by atoms with Crippen LogP contribution >= 0.6 is 0 Å². The second kappa shape index (κ2) is 6.43. The Morgan fingerprint density at radius 2 is 1.65 bits per heavy atom. The Morgan fingerprint density at radius 1 is 1.00 bits per heavy atom. The molecule has 26 heavy (non-hydrogen) atoms. The lowest BCUT2D eigenvalue weighted by atomic mass is 10.0. The van der Waals surface area contributed by atoms with E-state index in [9.17, 15) is 13.2 Å². The molecule has 1 amide bonds. The molecule has 0 aromatic heterocycles. The molecule has 0 saturated heterocycles. The highest BCUT2D eigenvalue weighted by atomic mass is 32.2. The number of nitrogens with zero attached hydrogens (tertiary/aromatic N) is 1. The summed E-state index contributed by atoms with van der Waals surface area (Å²) in [6.45, 7) is 6.56. The standard InChI is InChI=1S/C20H23NO4S/c1-20(2,3)25-19(22)21-12-16-9-8-15(10-17(16)13-21)14-6-5-7-18(11-14)26(4,23)24/h5-11H,12-13H2,1-4H3. The second-order valence-corrected chi connectivity index (χ2v) is 9.64. The molecule has 0 aliphatic carbocycles. The molecule has 1 aliphatic heterocycles. The van der Waals surface area contributed by atoms with E-state index in [-0.39, 0.29) is 6.09 Å². The molecule has 0 bridgehead atoms. The van der Waals surface area contributed by atoms with E-state index < -0.39 is 15.4 Å². The van der Waals surface area contributed by atoms with Gasteiger partial charge in [0.05, 0.1) is 4.90 Å². The van der Waals surface area contributed by atoms with Crippen molar-refractivity contribution in [2.24, 2.45) is 0 Å². The molecule has 0 saturated carbocycles. The molecule has 138 valence electrons. The summed E-state index contributed by atoms with van der Waals surface area (Å²) < 4.78 is 29.0. The third kappa shape index (κ3) is 4.07. The maximum atomic E-state index is 12.3. The van der Waals surface area contributed by atoms with Crippen molar-refractivity contribution in [3.63, 3.8) is 0 Å². The van der Waals surface area contributed by atoms with Gasteiger partial charge in [0.2, 0.25) is 0 Å². The second-order valence-electron chi connectivity index (χ2n) is 7.62. The number of hydrogen-bond acceptors (Lipinski definition) is 4. The van der Waals surface area contributed by atoms with Gasteiger partial charge < -0.3 is 4.74 Å². The van der Waals surface area contributed by atoms with Crippen LogP contribution in [-0.4, -0.2) is 31.3 Å². The minimum absolute atomic E-state index is 0.297. The molecule has 0 radical (unpaired) electrons. The van der Waals surface area contributed by atoms with Crippen LogP contribution in [0.4, 0.5) is 4.79 Å². The minimum atomic E-state index is -3.25. The van der Waals surface area contributed by atoms with Gasteiger partial charge in [-0.2, -0.15) is 0 Å². The number of benzene rings is 2. The van der Waals surface area contributed by atoms with Crippen molar-refractivity contribution in [3.8, 4) is 11.1 Å². The average molecular weight is 373 g/mol. The van der Waals surface area contributed by atoms with Gasteiger partial charge in [0.25, 0.3) is 0 Å². The monoisotopic (exact) mass is 373 g/mol. The van der Waals surface area contributed by atoms with Crippen LogP contribution in [0.1, 0.15) is 31.9 Å². The van der Waals surface area contributed by atoms with Crippen molar-refractivity contribution >= 4 is 15.9 Å². The quantitative estimate of drug-likeness (QED) is 0.798. The lowest BCUT2D eigenvalue weighted by Crippen LogP contribution is -2.33. The Bertz CT molecular complexity index is 958. The lowest BCUT2D eigenvalue weighted by molar-refractivity contribution is 0.0242. The third-order valence-electron chi connectivity index (χ3n) is 4.18. The van der Waals surface area contributed by atoms with Crippen LogP contribution < -0.4 is 0 Å². The van der Waals surface area contributed by atoms with Gasteiger partial charge in [0.15, 0.2) is 9.84 Å². The molecule has 0 spiro atoms. The van der Waals surface area contributed by atoms with Crippen LogP contribution in [0.25, 0.3) is 11.1 Å². The number of amides is 1. The highest BCUT2D eigenvalue weighted by molar-refractivity contribution is 7.90. The first-order valence-corrected chi connectivity index (χ1v) is 10.3. The van der Waals surface area contributed by atoms with Gasteiger partial charge in [0.1, 0.15) is 5.60 Å². The molecular weight excluding hydrogens is 350 g/mol. The molecule has 1 heterocycles. The normalized spacial score (nSPS) is 14.2. The van der Waals surface area contributed by atoms with Gasteiger partial charge in [0, 0.05) is 19.3 Å². The fourth-order valence-corrected chi connectivity index (χ4v) is 3.60. The highest BCUT2D eigenvalue weighted by Gasteiger charge is 2.27. The highest BCUT2D eigenvalue weighted by Crippen LogP contribution is 2.30. The zero-order valence-electron chi connectivity index (χ0n) is 15.4. The first kappa shape index (κ1) is 18.5. The van der Waals surface area contributed by atoms with E-state index in [4.69, 9.17) is 4.74 Å². The summed E-state index contributed by atoms with van der Waals surface area (Å²) in [5, 5.41) is 0. The number of ether oxygens (including phenoxy) is 1. The molecule has 6 heteroatoms. The number of hydrogen-bond donors (Lipinski definition) is 0. The number of carbonyl (C=O) groups excluding carboxylic acids is 1. The SMILES string of the molecule is CC(C)(C)OC(=O)N1Cc2ccc(-c3cccc(S(C)(=O)=O)c3)cc2C1. The summed E-state index contributed by atoms with van der Waals surface area (Å²) in [4.78, 5) is 14.2. The first-order chi connectivity index (χ1) is 12.0. The van der Waals surface area contributed by atoms with E-state index in [0.717, 1.165) is 22.3 Å². The van der Waals surface area contributed by atoms with Crippen LogP contribution in [0.15, 0.2) is 47.4 Å². The van der Waals surface area contributed by atoms with Gasteiger partial charge in [-0.25, -0.2) is 13.2 Å². The molecule has 3 rings (SSSR count). The van der Waals surface area contributed by atoms with Crippen LogP contribution in [0, 0.1) is 0 Å². The van der Waals surface area contributed by atoms with Gasteiger partial charge in [-0.3, -0.25) is 4.90 Å². The maximum absolute atomic E-state index is 12.3. The van der Waals surface area contributed by atoms with E-state index in [1.807, 2.05) is 45.0 Å². The smallest absolute Gasteiger partial charge is 0.410 e. The fourth-order valence-electron chi connectivity index (χ4n) is 2.94. The van der Waals surface area contributed by atoms with Crippen molar-refractivity contribution < 1.29 is 17.9 Å². The van der Waals surface area contributed by atoms with Crippen molar-refractivity contribution in [1.82, 2.24) is 4.90 Å². The van der Waals surface area contributed by atoms with Gasteiger partial charge in [-0.05, 0) is 61.2 Å². The molecule has 2 aromatic rings. The van der Waals surface area contributed by atoms with E-state index in [2.05, 4.69) is 0 Å². The van der Waals surface area contributed by atoms with Gasteiger partial charge >= 0.3 is 6.09 Å². The maximum Gasteiger partial charge on any atom is 0.410 e. The predicted octanol–water partition coefficient (Wildman–Crippen LogP) is 4.01. The predicted molar refractivity (Wildman–Crippen MR) is 100 cm³/mol. The van der Waals surface area contributed by atoms with Crippen molar-refractivity contribution in [2.75, 3.05) is 6.26 Å². The van der Waals surface area contributed by atoms with Crippen LogP contribution in [-0.2, 0) is 27.7 Å². The Labute approximate surface area is 154 Å². The third-order valence-corrected chi connectivity index (χ3v) is 5.29. The molecule has 5 nitrogen and oxygen atoms in total. The number of sulfone groups is 1. The average Bonchev–Trinajstić information content (AvgIpc) is 2.96. The van der Waals surface area contributed by atoms with Crippen LogP contribution in [0.3, 0.4) is 0 Å². The van der Waals surface area contributed by atoms with E-state index in [0.29, 0.717) is 18.0 Å². The lowest BCUT2D eigenvalue weighted by Gasteiger charge is -2.24. The largest absolute Gasteiger partial charge is 0.444 e. The van der Waals surface area contributed by atoms with Crippen LogP contribution in [0.5, 0.6) is 0 Å². The molecular formula is C20H23NO4S. The molecule has 0 N–H and O–H groups in total. The topological polar surface area (TPSA) is 63.7 Å². The number of fused-ring (bicyclic) bond motifs is 1. The first-order valence-electron chi connectivity index (χ1n) is 8.43. The zero-order valence-corrected chi connectivity index (χ0v) is 16.3. The van der Waals surface area contributed by atoms with Crippen molar-refractivity contribution in [1.29, 1.82) is 0 Å².